The van der Waals surface area contributed by atoms with E-state index in [0.717, 1.165) is 35.5 Å². The van der Waals surface area contributed by atoms with E-state index in [4.69, 9.17) is 26.3 Å². The number of ether oxygens (including phenoxy) is 1. The fraction of sp³-hybridized carbons (Fsp3) is 0.333. The molecule has 0 bridgehead atoms. The van der Waals surface area contributed by atoms with Gasteiger partial charge < -0.3 is 4.74 Å². The molecule has 0 N–H and O–H groups in total. The van der Waals surface area contributed by atoms with Gasteiger partial charge in [0.2, 0.25) is 0 Å². The monoisotopic (exact) mass is 451 g/mol. The lowest BCUT2D eigenvalue weighted by molar-refractivity contribution is 0.00465. The predicted octanol–water partition coefficient (Wildman–Crippen LogP) is 5.47. The van der Waals surface area contributed by atoms with Crippen LogP contribution in [0.1, 0.15) is 47.5 Å². The van der Waals surface area contributed by atoms with Crippen LogP contribution in [0.25, 0.3) is 22.3 Å². The van der Waals surface area contributed by atoms with E-state index in [2.05, 4.69) is 10.1 Å². The number of aryl methyl sites for hydroxylation is 3. The molecule has 0 spiro atoms. The van der Waals surface area contributed by atoms with Gasteiger partial charge in [-0.05, 0) is 51.0 Å². The number of hydrogen-bond donors (Lipinski definition) is 0. The maximum Gasteiger partial charge on any atom is 0.179 e. The van der Waals surface area contributed by atoms with Crippen molar-refractivity contribution < 1.29 is 9.13 Å². The summed E-state index contributed by atoms with van der Waals surface area (Å²) >= 11 is 6.00. The van der Waals surface area contributed by atoms with Crippen LogP contribution in [0.15, 0.2) is 36.7 Å². The van der Waals surface area contributed by atoms with Crippen molar-refractivity contribution in [2.75, 3.05) is 6.61 Å². The molecule has 32 heavy (non-hydrogen) atoms. The summed E-state index contributed by atoms with van der Waals surface area (Å²) in [6.07, 6.45) is 5.36. The average molecular weight is 452 g/mol. The summed E-state index contributed by atoms with van der Waals surface area (Å²) in [5.41, 5.74) is 5.77. The van der Waals surface area contributed by atoms with Crippen LogP contribution in [0.4, 0.5) is 4.39 Å². The minimum Gasteiger partial charge on any atom is -0.373 e. The zero-order chi connectivity index (χ0) is 22.4. The van der Waals surface area contributed by atoms with E-state index in [1.165, 1.54) is 6.07 Å². The molecule has 4 aromatic rings. The summed E-state index contributed by atoms with van der Waals surface area (Å²) in [5, 5.41) is 4.62. The van der Waals surface area contributed by atoms with Gasteiger partial charge in [0.15, 0.2) is 5.65 Å². The molecule has 164 valence electrons. The van der Waals surface area contributed by atoms with Crippen LogP contribution in [0.3, 0.4) is 0 Å². The van der Waals surface area contributed by atoms with Crippen LogP contribution in [0.5, 0.6) is 0 Å². The van der Waals surface area contributed by atoms with Crippen molar-refractivity contribution in [2.45, 2.75) is 38.7 Å². The molecule has 1 aliphatic rings. The van der Waals surface area contributed by atoms with Crippen molar-refractivity contribution in [1.29, 1.82) is 0 Å². The first-order valence-corrected chi connectivity index (χ1v) is 11.0. The summed E-state index contributed by atoms with van der Waals surface area (Å²) in [4.78, 5) is 14.3. The molecule has 2 atom stereocenters. The molecule has 1 saturated heterocycles. The van der Waals surface area contributed by atoms with Gasteiger partial charge in [0, 0.05) is 53.2 Å². The summed E-state index contributed by atoms with van der Waals surface area (Å²) in [6.45, 7) is 4.42. The van der Waals surface area contributed by atoms with E-state index in [1.54, 1.807) is 16.8 Å². The van der Waals surface area contributed by atoms with Crippen molar-refractivity contribution in [3.63, 3.8) is 0 Å². The van der Waals surface area contributed by atoms with Gasteiger partial charge in [-0.2, -0.15) is 5.10 Å². The topological polar surface area (TPSA) is 65.7 Å². The normalized spacial score (nSPS) is 18.9. The number of halogens is 2. The minimum absolute atomic E-state index is 0.0542. The van der Waals surface area contributed by atoms with Crippen LogP contribution in [-0.4, -0.2) is 31.3 Å². The van der Waals surface area contributed by atoms with Crippen LogP contribution >= 0.6 is 11.6 Å². The second-order valence-electron chi connectivity index (χ2n) is 8.31. The highest BCUT2D eigenvalue weighted by Gasteiger charge is 2.28. The summed E-state index contributed by atoms with van der Waals surface area (Å²) < 4.78 is 22.7. The largest absolute Gasteiger partial charge is 0.373 e. The van der Waals surface area contributed by atoms with Gasteiger partial charge in [-0.15, -0.1) is 0 Å². The van der Waals surface area contributed by atoms with E-state index >= 15 is 0 Å². The van der Waals surface area contributed by atoms with Gasteiger partial charge >= 0.3 is 0 Å². The maximum absolute atomic E-state index is 14.9. The van der Waals surface area contributed by atoms with E-state index in [0.29, 0.717) is 33.9 Å². The molecule has 6 nitrogen and oxygen atoms in total. The van der Waals surface area contributed by atoms with Gasteiger partial charge in [0.05, 0.1) is 23.7 Å². The summed E-state index contributed by atoms with van der Waals surface area (Å²) in [5.74, 6) is -0.243. The van der Waals surface area contributed by atoms with Crippen LogP contribution in [0.2, 0.25) is 5.02 Å². The highest BCUT2D eigenvalue weighted by atomic mass is 35.5. The van der Waals surface area contributed by atoms with Crippen LogP contribution < -0.4 is 0 Å². The fourth-order valence-corrected chi connectivity index (χ4v) is 4.41. The Hall–Kier alpha value is -2.90. The average Bonchev–Trinajstić information content (AvgIpc) is 3.21. The molecule has 5 rings (SSSR count). The minimum atomic E-state index is -0.392. The first-order chi connectivity index (χ1) is 15.4. The Morgan fingerprint density at radius 1 is 1.09 bits per heavy atom. The predicted molar refractivity (Wildman–Crippen MR) is 121 cm³/mol. The van der Waals surface area contributed by atoms with Crippen molar-refractivity contribution in [3.05, 3.63) is 70.1 Å². The molecular weight excluding hydrogens is 429 g/mol. The van der Waals surface area contributed by atoms with Gasteiger partial charge in [-0.25, -0.2) is 19.3 Å². The number of aromatic nitrogens is 5. The molecule has 4 heterocycles. The van der Waals surface area contributed by atoms with Gasteiger partial charge in [0.1, 0.15) is 11.3 Å². The fourth-order valence-electron chi connectivity index (χ4n) is 4.25. The van der Waals surface area contributed by atoms with E-state index < -0.39 is 5.82 Å². The standard InChI is InChI=1S/C24H23ClFN5O/c1-13-14(2)29-24-23(28-13)19(18-5-4-17(25)9-20(18)26)10-21(30-24)15-6-7-32-22(8-15)16-11-27-31(3)12-16/h4-5,9-12,15,22H,6-8H2,1-3H3/t15?,22-/m1/s1. The molecule has 8 heteroatoms. The third kappa shape index (κ3) is 3.87. The zero-order valence-corrected chi connectivity index (χ0v) is 18.9. The molecule has 0 aliphatic carbocycles. The van der Waals surface area contributed by atoms with E-state index in [-0.39, 0.29) is 12.0 Å². The van der Waals surface area contributed by atoms with Gasteiger partial charge in [0.25, 0.3) is 0 Å². The summed E-state index contributed by atoms with van der Waals surface area (Å²) in [6, 6.07) is 6.65. The third-order valence-corrected chi connectivity index (χ3v) is 6.33. The molecule has 1 unspecified atom stereocenters. The molecule has 1 aromatic carbocycles. The van der Waals surface area contributed by atoms with Crippen molar-refractivity contribution >= 4 is 22.8 Å². The Morgan fingerprint density at radius 2 is 1.91 bits per heavy atom. The van der Waals surface area contributed by atoms with Crippen LogP contribution in [-0.2, 0) is 11.8 Å². The lowest BCUT2D eigenvalue weighted by Crippen LogP contribution is -2.19. The van der Waals surface area contributed by atoms with Crippen molar-refractivity contribution in [1.82, 2.24) is 24.7 Å². The smallest absolute Gasteiger partial charge is 0.179 e. The Labute approximate surface area is 190 Å². The molecule has 0 saturated carbocycles. The Morgan fingerprint density at radius 3 is 2.66 bits per heavy atom. The first kappa shape index (κ1) is 21.0. The first-order valence-electron chi connectivity index (χ1n) is 10.6. The molecule has 3 aromatic heterocycles. The van der Waals surface area contributed by atoms with E-state index in [1.807, 2.05) is 39.4 Å². The van der Waals surface area contributed by atoms with Crippen molar-refractivity contribution in [2.24, 2.45) is 7.05 Å². The lowest BCUT2D eigenvalue weighted by Gasteiger charge is -2.29. The van der Waals surface area contributed by atoms with E-state index in [9.17, 15) is 4.39 Å². The number of hydrogen-bond acceptors (Lipinski definition) is 5. The van der Waals surface area contributed by atoms with Crippen LogP contribution in [0, 0.1) is 19.7 Å². The number of pyridine rings is 1. The highest BCUT2D eigenvalue weighted by molar-refractivity contribution is 6.30. The number of nitrogens with zero attached hydrogens (tertiary/aromatic N) is 5. The van der Waals surface area contributed by atoms with Gasteiger partial charge in [-0.1, -0.05) is 11.6 Å². The lowest BCUT2D eigenvalue weighted by atomic mass is 9.88. The number of benzene rings is 1. The third-order valence-electron chi connectivity index (χ3n) is 6.09. The Bertz CT molecular complexity index is 1320. The Kier molecular flexibility index (Phi) is 5.39. The van der Waals surface area contributed by atoms with Crippen molar-refractivity contribution in [3.8, 4) is 11.1 Å². The molecule has 1 fully saturated rings. The number of fused-ring (bicyclic) bond motifs is 1. The molecule has 0 amide bonds. The second kappa shape index (κ2) is 8.22. The number of rotatable bonds is 3. The second-order valence-corrected chi connectivity index (χ2v) is 8.75. The zero-order valence-electron chi connectivity index (χ0n) is 18.1. The molecular formula is C24H23ClFN5O. The summed E-state index contributed by atoms with van der Waals surface area (Å²) in [7, 11) is 1.89. The Balaban J connectivity index is 1.62. The maximum atomic E-state index is 14.9. The quantitative estimate of drug-likeness (QED) is 0.413. The molecule has 1 aliphatic heterocycles. The molecule has 0 radical (unpaired) electrons. The van der Waals surface area contributed by atoms with Gasteiger partial charge in [-0.3, -0.25) is 4.68 Å². The highest BCUT2D eigenvalue weighted by Crippen LogP contribution is 2.39. The SMILES string of the molecule is Cc1nc2nc(C3CCO[C@@H](c4cnn(C)c4)C3)cc(-c3ccc(Cl)cc3F)c2nc1C.